The predicted molar refractivity (Wildman–Crippen MR) is 186 cm³/mol. The third-order valence-corrected chi connectivity index (χ3v) is 8.18. The SMILES string of the molecule is O=C1C(=C(O)/C=C/c2ccc(N(c3ccc(-c4ccccc4)cc3)c3ccc(-c4ccccc4)cc3)cc2)C(=O)c2ccccc21. The molecule has 6 aromatic carbocycles. The quantitative estimate of drug-likeness (QED) is 0.113. The Morgan fingerprint density at radius 3 is 1.26 bits per heavy atom. The summed E-state index contributed by atoms with van der Waals surface area (Å²) in [4.78, 5) is 27.7. The average molecular weight is 596 g/mol. The van der Waals surface area contributed by atoms with Gasteiger partial charge in [0.25, 0.3) is 0 Å². The highest BCUT2D eigenvalue weighted by Gasteiger charge is 2.35. The first-order valence-corrected chi connectivity index (χ1v) is 15.1. The van der Waals surface area contributed by atoms with Crippen molar-refractivity contribution in [2.24, 2.45) is 0 Å². The first-order chi connectivity index (χ1) is 22.6. The Morgan fingerprint density at radius 2 is 0.826 bits per heavy atom. The van der Waals surface area contributed by atoms with E-state index < -0.39 is 11.6 Å². The fourth-order valence-corrected chi connectivity index (χ4v) is 5.79. The summed E-state index contributed by atoms with van der Waals surface area (Å²) >= 11 is 0. The number of anilines is 3. The summed E-state index contributed by atoms with van der Waals surface area (Å²) < 4.78 is 0. The van der Waals surface area contributed by atoms with Gasteiger partial charge in [0, 0.05) is 28.2 Å². The van der Waals surface area contributed by atoms with E-state index in [1.54, 1.807) is 30.3 Å². The highest BCUT2D eigenvalue weighted by Crippen LogP contribution is 2.37. The van der Waals surface area contributed by atoms with Crippen LogP contribution in [0.2, 0.25) is 0 Å². The van der Waals surface area contributed by atoms with Gasteiger partial charge in [-0.2, -0.15) is 0 Å². The number of fused-ring (bicyclic) bond motifs is 1. The summed E-state index contributed by atoms with van der Waals surface area (Å²) in [5.74, 6) is -1.25. The van der Waals surface area contributed by atoms with Crippen molar-refractivity contribution in [1.82, 2.24) is 0 Å². The second-order valence-electron chi connectivity index (χ2n) is 11.1. The minimum Gasteiger partial charge on any atom is -0.507 e. The molecule has 0 aliphatic heterocycles. The molecule has 0 unspecified atom stereocenters. The number of aliphatic hydroxyl groups is 1. The van der Waals surface area contributed by atoms with Crippen LogP contribution in [0.4, 0.5) is 17.1 Å². The summed E-state index contributed by atoms with van der Waals surface area (Å²) in [7, 11) is 0. The fourth-order valence-electron chi connectivity index (χ4n) is 5.79. The maximum atomic E-state index is 12.8. The van der Waals surface area contributed by atoms with Crippen molar-refractivity contribution in [3.8, 4) is 22.3 Å². The van der Waals surface area contributed by atoms with Gasteiger partial charge in [0.05, 0.1) is 0 Å². The van der Waals surface area contributed by atoms with Crippen LogP contribution in [0.15, 0.2) is 175 Å². The largest absolute Gasteiger partial charge is 0.507 e. The molecule has 0 atom stereocenters. The first-order valence-electron chi connectivity index (χ1n) is 15.1. The van der Waals surface area contributed by atoms with E-state index in [0.717, 1.165) is 44.9 Å². The van der Waals surface area contributed by atoms with Gasteiger partial charge < -0.3 is 10.0 Å². The van der Waals surface area contributed by atoms with E-state index in [4.69, 9.17) is 0 Å². The van der Waals surface area contributed by atoms with Gasteiger partial charge in [-0.1, -0.05) is 127 Å². The fraction of sp³-hybridized carbons (Fsp3) is 0. The van der Waals surface area contributed by atoms with Crippen LogP contribution in [0.1, 0.15) is 26.3 Å². The van der Waals surface area contributed by atoms with E-state index in [-0.39, 0.29) is 11.3 Å². The Hall–Kier alpha value is -6.26. The number of hydrogen-bond acceptors (Lipinski definition) is 4. The number of Topliss-reactive ketones (excluding diaryl/α,β-unsaturated/α-hetero) is 2. The first kappa shape index (κ1) is 28.5. The monoisotopic (exact) mass is 595 g/mol. The Bertz CT molecular complexity index is 1970. The number of ketones is 2. The minimum absolute atomic E-state index is 0.196. The predicted octanol–water partition coefficient (Wildman–Crippen LogP) is 10.4. The lowest BCUT2D eigenvalue weighted by atomic mass is 10.0. The molecule has 1 N–H and O–H groups in total. The molecule has 46 heavy (non-hydrogen) atoms. The molecule has 4 heteroatoms. The van der Waals surface area contributed by atoms with Crippen molar-refractivity contribution in [2.45, 2.75) is 0 Å². The highest BCUT2D eigenvalue weighted by atomic mass is 16.3. The van der Waals surface area contributed by atoms with Crippen molar-refractivity contribution in [1.29, 1.82) is 0 Å². The lowest BCUT2D eigenvalue weighted by Crippen LogP contribution is -2.09. The molecule has 0 bridgehead atoms. The molecule has 0 aromatic heterocycles. The maximum absolute atomic E-state index is 12.8. The molecule has 0 fully saturated rings. The van der Waals surface area contributed by atoms with Crippen LogP contribution < -0.4 is 4.90 Å². The van der Waals surface area contributed by atoms with Crippen LogP contribution in [0.25, 0.3) is 28.3 Å². The third kappa shape index (κ3) is 5.56. The molecule has 4 nitrogen and oxygen atoms in total. The molecule has 6 aromatic rings. The highest BCUT2D eigenvalue weighted by molar-refractivity contribution is 6.39. The van der Waals surface area contributed by atoms with E-state index in [0.29, 0.717) is 11.1 Å². The standard InChI is InChI=1S/C42H29NO3/c44-39(40-41(45)37-13-7-8-14-38(37)42(40)46)28-17-29-15-22-34(23-16-29)43(35-24-18-32(19-25-35)30-9-3-1-4-10-30)36-26-20-33(21-27-36)31-11-5-2-6-12-31/h1-28,44H/b28-17+. The van der Waals surface area contributed by atoms with Crippen molar-refractivity contribution < 1.29 is 14.7 Å². The van der Waals surface area contributed by atoms with Crippen molar-refractivity contribution >= 4 is 34.7 Å². The maximum Gasteiger partial charge on any atom is 0.201 e. The molecule has 1 aliphatic carbocycles. The smallest absolute Gasteiger partial charge is 0.201 e. The molecule has 0 radical (unpaired) electrons. The molecule has 220 valence electrons. The lowest BCUT2D eigenvalue weighted by Gasteiger charge is -2.26. The van der Waals surface area contributed by atoms with Gasteiger partial charge in [0.15, 0.2) is 0 Å². The third-order valence-electron chi connectivity index (χ3n) is 8.18. The number of allylic oxidation sites excluding steroid dienone is 2. The van der Waals surface area contributed by atoms with E-state index in [9.17, 15) is 14.7 Å². The molecular weight excluding hydrogens is 566 g/mol. The van der Waals surface area contributed by atoms with Crippen LogP contribution in [0, 0.1) is 0 Å². The topological polar surface area (TPSA) is 57.6 Å². The second-order valence-corrected chi connectivity index (χ2v) is 11.1. The Morgan fingerprint density at radius 1 is 0.457 bits per heavy atom. The Labute approximate surface area is 267 Å². The van der Waals surface area contributed by atoms with Crippen molar-refractivity contribution in [3.63, 3.8) is 0 Å². The van der Waals surface area contributed by atoms with Gasteiger partial charge >= 0.3 is 0 Å². The van der Waals surface area contributed by atoms with Crippen LogP contribution in [0.5, 0.6) is 0 Å². The van der Waals surface area contributed by atoms with E-state index in [1.165, 1.54) is 6.08 Å². The lowest BCUT2D eigenvalue weighted by molar-refractivity contribution is 0.0982. The normalized spacial score (nSPS) is 12.4. The van der Waals surface area contributed by atoms with Gasteiger partial charge in [0.2, 0.25) is 11.6 Å². The number of carbonyl (C=O) groups excluding carboxylic acids is 2. The van der Waals surface area contributed by atoms with Crippen molar-refractivity contribution in [2.75, 3.05) is 4.90 Å². The molecule has 0 saturated carbocycles. The van der Waals surface area contributed by atoms with Crippen LogP contribution >= 0.6 is 0 Å². The summed E-state index contributed by atoms with van der Waals surface area (Å²) in [6.07, 6.45) is 3.11. The molecule has 1 aliphatic rings. The van der Waals surface area contributed by atoms with Gasteiger partial charge in [-0.15, -0.1) is 0 Å². The summed E-state index contributed by atoms with van der Waals surface area (Å²) in [5.41, 5.74) is 8.83. The summed E-state index contributed by atoms with van der Waals surface area (Å²) in [6.45, 7) is 0. The minimum atomic E-state index is -0.453. The van der Waals surface area contributed by atoms with Crippen LogP contribution in [-0.4, -0.2) is 16.7 Å². The second kappa shape index (κ2) is 12.4. The number of hydrogen-bond donors (Lipinski definition) is 1. The van der Waals surface area contributed by atoms with E-state index in [1.807, 2.05) is 60.7 Å². The van der Waals surface area contributed by atoms with Crippen LogP contribution in [-0.2, 0) is 0 Å². The number of rotatable bonds is 7. The Balaban J connectivity index is 1.20. The number of nitrogens with zero attached hydrogens (tertiary/aromatic N) is 1. The van der Waals surface area contributed by atoms with Gasteiger partial charge in [0.1, 0.15) is 11.3 Å². The zero-order chi connectivity index (χ0) is 31.5. The van der Waals surface area contributed by atoms with Crippen molar-refractivity contribution in [3.05, 3.63) is 192 Å². The molecule has 0 heterocycles. The molecule has 0 saturated heterocycles. The van der Waals surface area contributed by atoms with Gasteiger partial charge in [-0.25, -0.2) is 0 Å². The van der Waals surface area contributed by atoms with E-state index in [2.05, 4.69) is 77.7 Å². The van der Waals surface area contributed by atoms with Gasteiger partial charge in [-0.05, 0) is 70.3 Å². The van der Waals surface area contributed by atoms with Crippen LogP contribution in [0.3, 0.4) is 0 Å². The Kier molecular flexibility index (Phi) is 7.68. The number of benzene rings is 6. The molecule has 7 rings (SSSR count). The summed E-state index contributed by atoms with van der Waals surface area (Å²) in [6, 6.07) is 52.2. The molecule has 0 spiro atoms. The average Bonchev–Trinajstić information content (AvgIpc) is 3.38. The molecular formula is C42H29NO3. The zero-order valence-corrected chi connectivity index (χ0v) is 24.9. The summed E-state index contributed by atoms with van der Waals surface area (Å²) in [5, 5.41) is 10.7. The zero-order valence-electron chi connectivity index (χ0n) is 24.9. The van der Waals surface area contributed by atoms with Gasteiger partial charge in [-0.3, -0.25) is 9.59 Å². The number of aliphatic hydroxyl groups excluding tert-OH is 1. The molecule has 0 amide bonds. The van der Waals surface area contributed by atoms with E-state index >= 15 is 0 Å². The number of carbonyl (C=O) groups is 2.